The molecule has 0 spiro atoms. The van der Waals surface area contributed by atoms with E-state index in [1.807, 2.05) is 0 Å². The maximum Gasteiger partial charge on any atom is 0.416 e. The molecule has 1 aliphatic heterocycles. The standard InChI is InChI=1S/C28H25ClF4N2O3S/c1-16(26-23(29)8-5-9-24(26)30)12-18-10-11-19-14-22(27(34)38-3)17(2)35(25(19)13-18)39(36,37)21-7-4-6-20(15-21)28(31,32)33/h4-13,15,17,22,34H,14H2,1-3H3/b16-12+,34-27?/t17-,22-/m1/s1. The third-order valence-corrected chi connectivity index (χ3v) is 8.97. The number of hydrogen-bond donors (Lipinski definition) is 1. The molecule has 3 aromatic carbocycles. The van der Waals surface area contributed by atoms with E-state index in [-0.39, 0.29) is 28.6 Å². The summed E-state index contributed by atoms with van der Waals surface area (Å²) < 4.78 is 88.7. The Hall–Kier alpha value is -3.37. The molecule has 1 aliphatic rings. The first-order valence-electron chi connectivity index (χ1n) is 11.9. The Labute approximate surface area is 229 Å². The summed E-state index contributed by atoms with van der Waals surface area (Å²) in [6.07, 6.45) is -2.81. The molecule has 0 saturated heterocycles. The van der Waals surface area contributed by atoms with Crippen molar-refractivity contribution in [2.75, 3.05) is 11.4 Å². The van der Waals surface area contributed by atoms with Crippen molar-refractivity contribution >= 4 is 44.9 Å². The Morgan fingerprint density at radius 3 is 2.46 bits per heavy atom. The molecular weight excluding hydrogens is 556 g/mol. The SMILES string of the molecule is COC(=N)[C@@H]1Cc2ccc(/C=C(\C)c3c(F)cccc3Cl)cc2N(S(=O)(=O)c2cccc(C(F)(F)F)c2)[C@@H]1C. The van der Waals surface area contributed by atoms with Crippen LogP contribution < -0.4 is 4.31 Å². The Bertz CT molecular complexity index is 1550. The number of fused-ring (bicyclic) bond motifs is 1. The number of methoxy groups -OCH3 is 1. The average molecular weight is 581 g/mol. The molecule has 2 atom stereocenters. The summed E-state index contributed by atoms with van der Waals surface area (Å²) >= 11 is 6.20. The van der Waals surface area contributed by atoms with E-state index in [1.165, 1.54) is 19.2 Å². The number of ether oxygens (including phenoxy) is 1. The fourth-order valence-corrected chi connectivity index (χ4v) is 6.87. The predicted octanol–water partition coefficient (Wildman–Crippen LogP) is 7.44. The highest BCUT2D eigenvalue weighted by Crippen LogP contribution is 2.41. The lowest BCUT2D eigenvalue weighted by atomic mass is 9.87. The fraction of sp³-hybridized carbons (Fsp3) is 0.250. The molecule has 11 heteroatoms. The van der Waals surface area contributed by atoms with E-state index in [2.05, 4.69) is 0 Å². The number of sulfonamides is 1. The van der Waals surface area contributed by atoms with E-state index in [4.69, 9.17) is 21.7 Å². The first kappa shape index (κ1) is 28.6. The largest absolute Gasteiger partial charge is 0.484 e. The minimum Gasteiger partial charge on any atom is -0.484 e. The monoisotopic (exact) mass is 580 g/mol. The Morgan fingerprint density at radius 1 is 1.13 bits per heavy atom. The van der Waals surface area contributed by atoms with Crippen molar-refractivity contribution in [2.45, 2.75) is 37.4 Å². The first-order valence-corrected chi connectivity index (χ1v) is 13.7. The van der Waals surface area contributed by atoms with Gasteiger partial charge in [0.2, 0.25) is 0 Å². The van der Waals surface area contributed by atoms with Crippen LogP contribution in [0.1, 0.15) is 36.1 Å². The number of hydrogen-bond acceptors (Lipinski definition) is 4. The highest BCUT2D eigenvalue weighted by atomic mass is 35.5. The van der Waals surface area contributed by atoms with Gasteiger partial charge in [0.05, 0.1) is 40.2 Å². The molecule has 0 fully saturated rings. The van der Waals surface area contributed by atoms with Gasteiger partial charge in [-0.3, -0.25) is 9.71 Å². The Morgan fingerprint density at radius 2 is 1.82 bits per heavy atom. The van der Waals surface area contributed by atoms with Crippen LogP contribution in [0.5, 0.6) is 0 Å². The number of allylic oxidation sites excluding steroid dienone is 1. The lowest BCUT2D eigenvalue weighted by Gasteiger charge is -2.40. The molecule has 0 bridgehead atoms. The van der Waals surface area contributed by atoms with Gasteiger partial charge in [0, 0.05) is 5.56 Å². The molecule has 0 aromatic heterocycles. The topological polar surface area (TPSA) is 70.5 Å². The van der Waals surface area contributed by atoms with E-state index < -0.39 is 44.4 Å². The minimum absolute atomic E-state index is 0.147. The molecule has 0 radical (unpaired) electrons. The summed E-state index contributed by atoms with van der Waals surface area (Å²) in [5.74, 6) is -1.34. The zero-order chi connectivity index (χ0) is 28.7. The Kier molecular flexibility index (Phi) is 7.82. The zero-order valence-electron chi connectivity index (χ0n) is 21.2. The second-order valence-electron chi connectivity index (χ2n) is 9.26. The van der Waals surface area contributed by atoms with E-state index in [9.17, 15) is 26.0 Å². The Balaban J connectivity index is 1.88. The molecule has 5 nitrogen and oxygen atoms in total. The average Bonchev–Trinajstić information content (AvgIpc) is 2.87. The van der Waals surface area contributed by atoms with Crippen molar-refractivity contribution in [3.8, 4) is 0 Å². The van der Waals surface area contributed by atoms with Crippen LogP contribution in [-0.4, -0.2) is 27.5 Å². The third-order valence-electron chi connectivity index (χ3n) is 6.75. The van der Waals surface area contributed by atoms with Crippen LogP contribution in [0.15, 0.2) is 65.6 Å². The smallest absolute Gasteiger partial charge is 0.416 e. The fourth-order valence-electron chi connectivity index (χ4n) is 4.79. The van der Waals surface area contributed by atoms with Crippen LogP contribution in [0.2, 0.25) is 5.02 Å². The zero-order valence-corrected chi connectivity index (χ0v) is 22.8. The molecule has 1 heterocycles. The molecule has 0 aliphatic carbocycles. The molecule has 4 rings (SSSR count). The number of anilines is 1. The van der Waals surface area contributed by atoms with Gasteiger partial charge < -0.3 is 4.74 Å². The molecule has 0 saturated carbocycles. The van der Waals surface area contributed by atoms with Crippen LogP contribution in [0, 0.1) is 17.1 Å². The van der Waals surface area contributed by atoms with Gasteiger partial charge in [-0.25, -0.2) is 12.8 Å². The number of alkyl halides is 3. The summed E-state index contributed by atoms with van der Waals surface area (Å²) in [6.45, 7) is 3.25. The van der Waals surface area contributed by atoms with Crippen LogP contribution in [0.25, 0.3) is 11.6 Å². The quantitative estimate of drug-likeness (QED) is 0.148. The summed E-state index contributed by atoms with van der Waals surface area (Å²) in [5, 5.41) is 8.45. The van der Waals surface area contributed by atoms with Gasteiger partial charge in [0.15, 0.2) is 5.90 Å². The van der Waals surface area contributed by atoms with Gasteiger partial charge in [-0.1, -0.05) is 41.9 Å². The molecule has 1 N–H and O–H groups in total. The highest BCUT2D eigenvalue weighted by molar-refractivity contribution is 7.92. The summed E-state index contributed by atoms with van der Waals surface area (Å²) in [7, 11) is -3.21. The normalized spacial score (nSPS) is 18.1. The lowest BCUT2D eigenvalue weighted by molar-refractivity contribution is -0.137. The van der Waals surface area contributed by atoms with Crippen LogP contribution >= 0.6 is 11.6 Å². The van der Waals surface area contributed by atoms with Crippen LogP contribution in [-0.2, 0) is 27.4 Å². The van der Waals surface area contributed by atoms with E-state index in [0.717, 1.165) is 22.5 Å². The molecule has 206 valence electrons. The number of halogens is 5. The van der Waals surface area contributed by atoms with Gasteiger partial charge in [-0.15, -0.1) is 0 Å². The van der Waals surface area contributed by atoms with Crippen molar-refractivity contribution in [2.24, 2.45) is 5.92 Å². The van der Waals surface area contributed by atoms with E-state index in [1.54, 1.807) is 44.2 Å². The van der Waals surface area contributed by atoms with Crippen molar-refractivity contribution in [1.29, 1.82) is 5.41 Å². The first-order chi connectivity index (χ1) is 18.3. The number of nitrogens with zero attached hydrogens (tertiary/aromatic N) is 1. The number of rotatable bonds is 5. The van der Waals surface area contributed by atoms with Crippen molar-refractivity contribution in [3.63, 3.8) is 0 Å². The molecule has 3 aromatic rings. The molecule has 39 heavy (non-hydrogen) atoms. The van der Waals surface area contributed by atoms with Gasteiger partial charge in [-0.2, -0.15) is 13.2 Å². The van der Waals surface area contributed by atoms with Gasteiger partial charge >= 0.3 is 6.18 Å². The maximum absolute atomic E-state index is 14.5. The maximum atomic E-state index is 14.5. The number of nitrogens with one attached hydrogen (secondary N) is 1. The summed E-state index contributed by atoms with van der Waals surface area (Å²) in [4.78, 5) is -0.532. The second-order valence-corrected chi connectivity index (χ2v) is 11.5. The number of benzene rings is 3. The van der Waals surface area contributed by atoms with Gasteiger partial charge in [-0.05, 0) is 73.4 Å². The summed E-state index contributed by atoms with van der Waals surface area (Å²) in [6, 6.07) is 12.0. The lowest BCUT2D eigenvalue weighted by Crippen LogP contribution is -2.49. The second kappa shape index (κ2) is 10.7. The summed E-state index contributed by atoms with van der Waals surface area (Å²) in [5.41, 5.74) is 0.946. The van der Waals surface area contributed by atoms with Gasteiger partial charge in [0.1, 0.15) is 5.82 Å². The molecular formula is C28H25ClF4N2O3S. The molecule has 0 unspecified atom stereocenters. The van der Waals surface area contributed by atoms with Crippen LogP contribution in [0.4, 0.5) is 23.2 Å². The third kappa shape index (κ3) is 5.53. The van der Waals surface area contributed by atoms with Crippen molar-refractivity contribution in [1.82, 2.24) is 0 Å². The van der Waals surface area contributed by atoms with E-state index in [0.29, 0.717) is 22.8 Å². The predicted molar refractivity (Wildman–Crippen MR) is 144 cm³/mol. The van der Waals surface area contributed by atoms with Crippen LogP contribution in [0.3, 0.4) is 0 Å². The minimum atomic E-state index is -4.73. The van der Waals surface area contributed by atoms with Crippen molar-refractivity contribution in [3.05, 3.63) is 93.8 Å². The highest BCUT2D eigenvalue weighted by Gasteiger charge is 2.42. The van der Waals surface area contributed by atoms with Crippen molar-refractivity contribution < 1.29 is 30.7 Å². The molecule has 0 amide bonds. The van der Waals surface area contributed by atoms with Gasteiger partial charge in [0.25, 0.3) is 10.0 Å². The van der Waals surface area contributed by atoms with E-state index >= 15 is 0 Å².